The highest BCUT2D eigenvalue weighted by Crippen LogP contribution is 2.16. The Hall–Kier alpha value is -2.33. The van der Waals surface area contributed by atoms with E-state index in [-0.39, 0.29) is 18.2 Å². The summed E-state index contributed by atoms with van der Waals surface area (Å²) < 4.78 is 0. The van der Waals surface area contributed by atoms with E-state index in [0.29, 0.717) is 10.7 Å². The van der Waals surface area contributed by atoms with Crippen molar-refractivity contribution in [2.24, 2.45) is 0 Å². The molecule has 0 fully saturated rings. The van der Waals surface area contributed by atoms with Crippen LogP contribution >= 0.6 is 11.6 Å². The molecule has 0 atom stereocenters. The summed E-state index contributed by atoms with van der Waals surface area (Å²) in [6.07, 6.45) is 0.577. The largest absolute Gasteiger partial charge is 0.326 e. The van der Waals surface area contributed by atoms with Crippen molar-refractivity contribution in [3.8, 4) is 0 Å². The van der Waals surface area contributed by atoms with Gasteiger partial charge in [0.15, 0.2) is 0 Å². The molecule has 0 unspecified atom stereocenters. The zero-order valence-electron chi connectivity index (χ0n) is 12.2. The van der Waals surface area contributed by atoms with Gasteiger partial charge in [0, 0.05) is 16.4 Å². The van der Waals surface area contributed by atoms with E-state index >= 15 is 0 Å². The first-order chi connectivity index (χ1) is 10.6. The van der Waals surface area contributed by atoms with Crippen LogP contribution in [-0.2, 0) is 16.0 Å². The van der Waals surface area contributed by atoms with Gasteiger partial charge < -0.3 is 10.6 Å². The monoisotopic (exact) mass is 316 g/mol. The normalized spacial score (nSPS) is 10.1. The first-order valence-electron chi connectivity index (χ1n) is 7.01. The van der Waals surface area contributed by atoms with Gasteiger partial charge in [-0.2, -0.15) is 0 Å². The number of para-hydroxylation sites is 1. The molecule has 2 aromatic rings. The lowest BCUT2D eigenvalue weighted by Gasteiger charge is -2.10. The average molecular weight is 317 g/mol. The van der Waals surface area contributed by atoms with E-state index in [1.807, 2.05) is 31.2 Å². The lowest BCUT2D eigenvalue weighted by molar-refractivity contribution is -0.123. The summed E-state index contributed by atoms with van der Waals surface area (Å²) in [7, 11) is 0. The summed E-state index contributed by atoms with van der Waals surface area (Å²) in [5, 5.41) is 6.01. The van der Waals surface area contributed by atoms with E-state index in [1.54, 1.807) is 24.3 Å². The molecule has 2 aromatic carbocycles. The minimum Gasteiger partial charge on any atom is -0.326 e. The van der Waals surface area contributed by atoms with Gasteiger partial charge >= 0.3 is 0 Å². The number of amides is 2. The average Bonchev–Trinajstić information content (AvgIpc) is 2.50. The quantitative estimate of drug-likeness (QED) is 0.823. The highest BCUT2D eigenvalue weighted by molar-refractivity contribution is 6.30. The molecule has 5 heteroatoms. The van der Waals surface area contributed by atoms with Crippen LogP contribution in [0.4, 0.5) is 11.4 Å². The lowest BCUT2D eigenvalue weighted by atomic mass is 10.1. The van der Waals surface area contributed by atoms with Crippen molar-refractivity contribution in [2.45, 2.75) is 19.8 Å². The summed E-state index contributed by atoms with van der Waals surface area (Å²) in [5.41, 5.74) is 2.39. The number of hydrogen-bond donors (Lipinski definition) is 2. The van der Waals surface area contributed by atoms with Crippen molar-refractivity contribution < 1.29 is 9.59 Å². The van der Waals surface area contributed by atoms with Gasteiger partial charge in [0.25, 0.3) is 0 Å². The van der Waals surface area contributed by atoms with Crippen molar-refractivity contribution in [1.82, 2.24) is 0 Å². The number of halogens is 1. The van der Waals surface area contributed by atoms with Crippen LogP contribution in [0.5, 0.6) is 0 Å². The van der Waals surface area contributed by atoms with Gasteiger partial charge in [-0.1, -0.05) is 36.7 Å². The molecule has 2 amide bonds. The van der Waals surface area contributed by atoms with Gasteiger partial charge in [0.2, 0.25) is 11.8 Å². The molecule has 0 aliphatic heterocycles. The molecule has 2 N–H and O–H groups in total. The fourth-order valence-corrected chi connectivity index (χ4v) is 2.16. The number of carbonyl (C=O) groups is 2. The molecule has 0 radical (unpaired) electrons. The lowest BCUT2D eigenvalue weighted by Crippen LogP contribution is -2.21. The Morgan fingerprint density at radius 3 is 2.27 bits per heavy atom. The molecule has 4 nitrogen and oxygen atoms in total. The molecule has 0 heterocycles. The zero-order valence-corrected chi connectivity index (χ0v) is 13.0. The Kier molecular flexibility index (Phi) is 5.55. The fraction of sp³-hybridized carbons (Fsp3) is 0.176. The number of aryl methyl sites for hydroxylation is 1. The Balaban J connectivity index is 1.91. The second-order valence-corrected chi connectivity index (χ2v) is 5.23. The summed E-state index contributed by atoms with van der Waals surface area (Å²) in [6, 6.07) is 14.3. The van der Waals surface area contributed by atoms with Gasteiger partial charge in [-0.05, 0) is 42.3 Å². The maximum Gasteiger partial charge on any atom is 0.233 e. The van der Waals surface area contributed by atoms with Crippen molar-refractivity contribution in [3.63, 3.8) is 0 Å². The van der Waals surface area contributed by atoms with Gasteiger partial charge in [0.05, 0.1) is 0 Å². The smallest absolute Gasteiger partial charge is 0.233 e. The maximum absolute atomic E-state index is 11.9. The SMILES string of the molecule is CCc1ccccc1NC(=O)CC(=O)Nc1ccc(Cl)cc1. The second-order valence-electron chi connectivity index (χ2n) is 4.79. The Morgan fingerprint density at radius 2 is 1.59 bits per heavy atom. The van der Waals surface area contributed by atoms with Gasteiger partial charge in [-0.15, -0.1) is 0 Å². The zero-order chi connectivity index (χ0) is 15.9. The summed E-state index contributed by atoms with van der Waals surface area (Å²) in [5.74, 6) is -0.707. The van der Waals surface area contributed by atoms with Crippen molar-refractivity contribution in [2.75, 3.05) is 10.6 Å². The summed E-state index contributed by atoms with van der Waals surface area (Å²) >= 11 is 5.77. The number of anilines is 2. The van der Waals surface area contributed by atoms with Gasteiger partial charge in [0.1, 0.15) is 6.42 Å². The number of nitrogens with one attached hydrogen (secondary N) is 2. The van der Waals surface area contributed by atoms with Crippen molar-refractivity contribution in [3.05, 3.63) is 59.1 Å². The van der Waals surface area contributed by atoms with E-state index in [1.165, 1.54) is 0 Å². The van der Waals surface area contributed by atoms with E-state index < -0.39 is 0 Å². The van der Waals surface area contributed by atoms with E-state index in [9.17, 15) is 9.59 Å². The first kappa shape index (κ1) is 16.0. The van der Waals surface area contributed by atoms with Crippen LogP contribution in [-0.4, -0.2) is 11.8 Å². The topological polar surface area (TPSA) is 58.2 Å². The van der Waals surface area contributed by atoms with Crippen LogP contribution < -0.4 is 10.6 Å². The number of carbonyl (C=O) groups excluding carboxylic acids is 2. The van der Waals surface area contributed by atoms with Crippen LogP contribution in [0.15, 0.2) is 48.5 Å². The predicted molar refractivity (Wildman–Crippen MR) is 89.1 cm³/mol. The molecule has 22 heavy (non-hydrogen) atoms. The Morgan fingerprint density at radius 1 is 0.955 bits per heavy atom. The number of rotatable bonds is 5. The standard InChI is InChI=1S/C17H17ClN2O2/c1-2-12-5-3-4-6-15(12)20-17(22)11-16(21)19-14-9-7-13(18)8-10-14/h3-10H,2,11H2,1H3,(H,19,21)(H,20,22). The molecular formula is C17H17ClN2O2. The van der Waals surface area contributed by atoms with Crippen LogP contribution in [0.2, 0.25) is 5.02 Å². The molecule has 114 valence electrons. The number of hydrogen-bond acceptors (Lipinski definition) is 2. The molecule has 0 aromatic heterocycles. The molecule has 0 spiro atoms. The second kappa shape index (κ2) is 7.61. The summed E-state index contributed by atoms with van der Waals surface area (Å²) in [4.78, 5) is 23.8. The third-order valence-electron chi connectivity index (χ3n) is 3.12. The molecule has 0 saturated heterocycles. The molecule has 0 saturated carbocycles. The van der Waals surface area contributed by atoms with Crippen molar-refractivity contribution >= 4 is 34.8 Å². The third-order valence-corrected chi connectivity index (χ3v) is 3.37. The van der Waals surface area contributed by atoms with E-state index in [2.05, 4.69) is 10.6 Å². The Labute approximate surface area is 134 Å². The highest BCUT2D eigenvalue weighted by Gasteiger charge is 2.11. The van der Waals surface area contributed by atoms with Crippen LogP contribution in [0.25, 0.3) is 0 Å². The summed E-state index contributed by atoms with van der Waals surface area (Å²) in [6.45, 7) is 2.01. The van der Waals surface area contributed by atoms with Crippen LogP contribution in [0.3, 0.4) is 0 Å². The molecule has 0 aliphatic rings. The van der Waals surface area contributed by atoms with E-state index in [4.69, 9.17) is 11.6 Å². The maximum atomic E-state index is 11.9. The third kappa shape index (κ3) is 4.60. The molecule has 0 bridgehead atoms. The fourth-order valence-electron chi connectivity index (χ4n) is 2.03. The minimum atomic E-state index is -0.367. The van der Waals surface area contributed by atoms with Gasteiger partial charge in [-0.25, -0.2) is 0 Å². The van der Waals surface area contributed by atoms with E-state index in [0.717, 1.165) is 17.7 Å². The predicted octanol–water partition coefficient (Wildman–Crippen LogP) is 3.87. The van der Waals surface area contributed by atoms with Gasteiger partial charge in [-0.3, -0.25) is 9.59 Å². The first-order valence-corrected chi connectivity index (χ1v) is 7.39. The Bertz CT molecular complexity index is 669. The minimum absolute atomic E-state index is 0.235. The molecule has 2 rings (SSSR count). The molecule has 0 aliphatic carbocycles. The van der Waals surface area contributed by atoms with Crippen LogP contribution in [0, 0.1) is 0 Å². The van der Waals surface area contributed by atoms with Crippen LogP contribution in [0.1, 0.15) is 18.9 Å². The van der Waals surface area contributed by atoms with Crippen molar-refractivity contribution in [1.29, 1.82) is 0 Å². The molecular weight excluding hydrogens is 300 g/mol. The highest BCUT2D eigenvalue weighted by atomic mass is 35.5. The number of benzene rings is 2.